The summed E-state index contributed by atoms with van der Waals surface area (Å²) in [5.41, 5.74) is 3.54. The van der Waals surface area contributed by atoms with Crippen molar-refractivity contribution in [2.24, 2.45) is 0 Å². The largest absolute Gasteiger partial charge is 0.482 e. The number of aryl methyl sites for hydroxylation is 2. The van der Waals surface area contributed by atoms with Gasteiger partial charge in [-0.05, 0) is 49.2 Å². The second kappa shape index (κ2) is 8.38. The van der Waals surface area contributed by atoms with Crippen molar-refractivity contribution in [3.05, 3.63) is 51.5 Å². The average Bonchev–Trinajstić information content (AvgIpc) is 3.11. The Morgan fingerprint density at radius 3 is 2.62 bits per heavy atom. The summed E-state index contributed by atoms with van der Waals surface area (Å²) in [4.78, 5) is 21.4. The van der Waals surface area contributed by atoms with E-state index in [0.29, 0.717) is 28.9 Å². The average molecular weight is 450 g/mol. The first-order chi connectivity index (χ1) is 13.9. The van der Waals surface area contributed by atoms with Crippen LogP contribution in [0.25, 0.3) is 10.2 Å². The fourth-order valence-electron chi connectivity index (χ4n) is 3.47. The molecule has 0 spiro atoms. The molecule has 0 aliphatic carbocycles. The minimum atomic E-state index is -0.0496. The number of aromatic nitrogens is 1. The Balaban J connectivity index is 1.35. The summed E-state index contributed by atoms with van der Waals surface area (Å²) < 4.78 is 6.81. The van der Waals surface area contributed by atoms with Crippen LogP contribution in [0.1, 0.15) is 11.1 Å². The predicted octanol–water partition coefficient (Wildman–Crippen LogP) is 4.95. The molecule has 3 aromatic rings. The van der Waals surface area contributed by atoms with Crippen molar-refractivity contribution in [2.75, 3.05) is 37.7 Å². The molecule has 1 saturated heterocycles. The number of fused-ring (bicyclic) bond motifs is 1. The lowest BCUT2D eigenvalue weighted by atomic mass is 10.1. The number of thiazole rings is 1. The van der Waals surface area contributed by atoms with Gasteiger partial charge in [0.1, 0.15) is 5.75 Å². The summed E-state index contributed by atoms with van der Waals surface area (Å²) in [5, 5.41) is 1.95. The van der Waals surface area contributed by atoms with Crippen LogP contribution >= 0.6 is 34.5 Å². The predicted molar refractivity (Wildman–Crippen MR) is 120 cm³/mol. The Kier molecular flexibility index (Phi) is 5.86. The van der Waals surface area contributed by atoms with E-state index in [1.165, 1.54) is 15.8 Å². The molecule has 8 heteroatoms. The smallest absolute Gasteiger partial charge is 0.260 e. The highest BCUT2D eigenvalue weighted by Gasteiger charge is 2.24. The molecule has 0 unspecified atom stereocenters. The number of piperazine rings is 1. The third-order valence-corrected chi connectivity index (χ3v) is 6.75. The third-order valence-electron chi connectivity index (χ3n) is 4.96. The molecule has 1 fully saturated rings. The van der Waals surface area contributed by atoms with Crippen LogP contribution in [-0.4, -0.2) is 48.6 Å². The van der Waals surface area contributed by atoms with Crippen LogP contribution in [0.2, 0.25) is 10.0 Å². The SMILES string of the molecule is Cc1cc(C)c2sc(N3CCN(C(=O)COc4ccc(Cl)cc4Cl)CC3)nc2c1. The zero-order valence-electron chi connectivity index (χ0n) is 16.2. The van der Waals surface area contributed by atoms with Gasteiger partial charge in [-0.15, -0.1) is 0 Å². The molecule has 2 heterocycles. The molecule has 0 N–H and O–H groups in total. The quantitative estimate of drug-likeness (QED) is 0.565. The number of rotatable bonds is 4. The highest BCUT2D eigenvalue weighted by molar-refractivity contribution is 7.22. The lowest BCUT2D eigenvalue weighted by Gasteiger charge is -2.34. The topological polar surface area (TPSA) is 45.7 Å². The van der Waals surface area contributed by atoms with Gasteiger partial charge in [0.2, 0.25) is 0 Å². The summed E-state index contributed by atoms with van der Waals surface area (Å²) in [7, 11) is 0. The van der Waals surface area contributed by atoms with E-state index in [1.807, 2.05) is 4.90 Å². The fraction of sp³-hybridized carbons (Fsp3) is 0.333. The van der Waals surface area contributed by atoms with Crippen molar-refractivity contribution in [3.63, 3.8) is 0 Å². The Bertz CT molecular complexity index is 1060. The second-order valence-electron chi connectivity index (χ2n) is 7.16. The number of anilines is 1. The minimum absolute atomic E-state index is 0.0407. The van der Waals surface area contributed by atoms with Gasteiger partial charge in [-0.2, -0.15) is 0 Å². The monoisotopic (exact) mass is 449 g/mol. The van der Waals surface area contributed by atoms with Crippen LogP contribution in [0, 0.1) is 13.8 Å². The van der Waals surface area contributed by atoms with Gasteiger partial charge in [0.05, 0.1) is 15.2 Å². The molecule has 5 nitrogen and oxygen atoms in total. The molecule has 4 rings (SSSR count). The van der Waals surface area contributed by atoms with Gasteiger partial charge in [0, 0.05) is 31.2 Å². The number of carbonyl (C=O) groups excluding carboxylic acids is 1. The first-order valence-electron chi connectivity index (χ1n) is 9.39. The minimum Gasteiger partial charge on any atom is -0.482 e. The first-order valence-corrected chi connectivity index (χ1v) is 11.0. The molecule has 0 radical (unpaired) electrons. The maximum absolute atomic E-state index is 12.5. The highest BCUT2D eigenvalue weighted by atomic mass is 35.5. The zero-order chi connectivity index (χ0) is 20.5. The van der Waals surface area contributed by atoms with E-state index < -0.39 is 0 Å². The van der Waals surface area contributed by atoms with Crippen molar-refractivity contribution < 1.29 is 9.53 Å². The van der Waals surface area contributed by atoms with Gasteiger partial charge in [-0.1, -0.05) is 40.6 Å². The maximum Gasteiger partial charge on any atom is 0.260 e. The Hall–Kier alpha value is -2.02. The normalized spacial score (nSPS) is 14.5. The zero-order valence-corrected chi connectivity index (χ0v) is 18.6. The number of nitrogens with zero attached hydrogens (tertiary/aromatic N) is 3. The number of benzene rings is 2. The van der Waals surface area contributed by atoms with E-state index in [0.717, 1.165) is 23.7 Å². The molecule has 1 aromatic heterocycles. The van der Waals surface area contributed by atoms with Gasteiger partial charge in [-0.25, -0.2) is 4.98 Å². The first kappa shape index (κ1) is 20.3. The number of halogens is 2. The standard InChI is InChI=1S/C21H21Cl2N3O2S/c1-13-9-14(2)20-17(10-13)24-21(29-20)26-7-5-25(6-8-26)19(27)12-28-18-4-3-15(22)11-16(18)23/h3-4,9-11H,5-8,12H2,1-2H3. The van der Waals surface area contributed by atoms with Crippen LogP contribution in [0.3, 0.4) is 0 Å². The van der Waals surface area contributed by atoms with Gasteiger partial charge in [-0.3, -0.25) is 4.79 Å². The third kappa shape index (κ3) is 4.44. The van der Waals surface area contributed by atoms with Crippen molar-refractivity contribution >= 4 is 55.8 Å². The maximum atomic E-state index is 12.5. The van der Waals surface area contributed by atoms with Crippen molar-refractivity contribution in [1.82, 2.24) is 9.88 Å². The molecular formula is C21H21Cl2N3O2S. The Morgan fingerprint density at radius 2 is 1.90 bits per heavy atom. The van der Waals surface area contributed by atoms with Crippen molar-refractivity contribution in [2.45, 2.75) is 13.8 Å². The Morgan fingerprint density at radius 1 is 1.14 bits per heavy atom. The summed E-state index contributed by atoms with van der Waals surface area (Å²) in [6, 6.07) is 9.28. The highest BCUT2D eigenvalue weighted by Crippen LogP contribution is 2.32. The van der Waals surface area contributed by atoms with Crippen LogP contribution in [0.15, 0.2) is 30.3 Å². The lowest BCUT2D eigenvalue weighted by molar-refractivity contribution is -0.133. The number of carbonyl (C=O) groups is 1. The summed E-state index contributed by atoms with van der Waals surface area (Å²) in [5.74, 6) is 0.412. The molecule has 1 aliphatic rings. The summed E-state index contributed by atoms with van der Waals surface area (Å²) >= 11 is 13.7. The van der Waals surface area contributed by atoms with Gasteiger partial charge in [0.25, 0.3) is 5.91 Å². The number of amides is 1. The number of ether oxygens (including phenoxy) is 1. The van der Waals surface area contributed by atoms with Crippen LogP contribution in [-0.2, 0) is 4.79 Å². The molecule has 0 saturated carbocycles. The van der Waals surface area contributed by atoms with E-state index in [9.17, 15) is 4.79 Å². The van der Waals surface area contributed by atoms with Crippen LogP contribution in [0.4, 0.5) is 5.13 Å². The van der Waals surface area contributed by atoms with E-state index >= 15 is 0 Å². The lowest BCUT2D eigenvalue weighted by Crippen LogP contribution is -2.50. The summed E-state index contributed by atoms with van der Waals surface area (Å²) in [6.45, 7) is 6.97. The second-order valence-corrected chi connectivity index (χ2v) is 8.98. The molecule has 29 heavy (non-hydrogen) atoms. The molecule has 0 bridgehead atoms. The molecule has 1 aliphatic heterocycles. The molecule has 1 amide bonds. The van der Waals surface area contributed by atoms with E-state index in [-0.39, 0.29) is 12.5 Å². The van der Waals surface area contributed by atoms with Crippen molar-refractivity contribution in [1.29, 1.82) is 0 Å². The van der Waals surface area contributed by atoms with Gasteiger partial charge >= 0.3 is 0 Å². The van der Waals surface area contributed by atoms with E-state index in [4.69, 9.17) is 32.9 Å². The van der Waals surface area contributed by atoms with Crippen LogP contribution < -0.4 is 9.64 Å². The van der Waals surface area contributed by atoms with E-state index in [1.54, 1.807) is 29.5 Å². The van der Waals surface area contributed by atoms with E-state index in [2.05, 4.69) is 30.9 Å². The molecule has 0 atom stereocenters. The Labute approximate surface area is 183 Å². The van der Waals surface area contributed by atoms with Gasteiger partial charge < -0.3 is 14.5 Å². The molecular weight excluding hydrogens is 429 g/mol. The van der Waals surface area contributed by atoms with Crippen LogP contribution in [0.5, 0.6) is 5.75 Å². The fourth-order valence-corrected chi connectivity index (χ4v) is 5.00. The summed E-state index contributed by atoms with van der Waals surface area (Å²) in [6.07, 6.45) is 0. The number of hydrogen-bond donors (Lipinski definition) is 0. The van der Waals surface area contributed by atoms with Gasteiger partial charge in [0.15, 0.2) is 11.7 Å². The molecule has 152 valence electrons. The molecule has 2 aromatic carbocycles. The van der Waals surface area contributed by atoms with Crippen molar-refractivity contribution in [3.8, 4) is 5.75 Å². The number of hydrogen-bond acceptors (Lipinski definition) is 5.